The fourth-order valence-corrected chi connectivity index (χ4v) is 12.6. The molecule has 15 amide bonds. The van der Waals surface area contributed by atoms with E-state index in [-0.39, 0.29) is 64.1 Å². The molecule has 1 aromatic carbocycles. The summed E-state index contributed by atoms with van der Waals surface area (Å²) in [5.74, 6) is -20.5. The number of primary amides is 1. The highest BCUT2D eigenvalue weighted by Crippen LogP contribution is 2.25. The number of carbonyl (C=O) groups excluding carboxylic acids is 15. The summed E-state index contributed by atoms with van der Waals surface area (Å²) in [7, 11) is 0. The molecule has 0 spiro atoms. The lowest BCUT2D eigenvalue weighted by atomic mass is 9.98. The van der Waals surface area contributed by atoms with Crippen LogP contribution in [0, 0.1) is 5.92 Å². The number of amides is 15. The molecule has 0 bridgehead atoms. The molecule has 2 aliphatic heterocycles. The minimum absolute atomic E-state index is 0.00446. The first-order valence-corrected chi connectivity index (χ1v) is 40.3. The summed E-state index contributed by atoms with van der Waals surface area (Å²) in [4.78, 5) is 250. The lowest BCUT2D eigenvalue weighted by Crippen LogP contribution is -2.60. The lowest BCUT2D eigenvalue weighted by molar-refractivity contribution is -0.310. The molecular formula is C75H121N19O30. The Bertz CT molecular complexity index is 3770. The molecule has 3 rings (SSSR count). The number of ether oxygens (including phenoxy) is 2. The van der Waals surface area contributed by atoms with Gasteiger partial charge in [-0.05, 0) is 103 Å². The van der Waals surface area contributed by atoms with E-state index >= 15 is 0 Å². The van der Waals surface area contributed by atoms with Crippen molar-refractivity contribution in [3.8, 4) is 0 Å². The molecule has 696 valence electrons. The van der Waals surface area contributed by atoms with Gasteiger partial charge in [0.15, 0.2) is 12.3 Å². The van der Waals surface area contributed by atoms with Crippen LogP contribution in [0.15, 0.2) is 30.3 Å². The fraction of sp³-hybridized carbons (Fsp3) is 0.667. The van der Waals surface area contributed by atoms with Gasteiger partial charge in [-0.25, -0.2) is 4.79 Å². The van der Waals surface area contributed by atoms with Crippen molar-refractivity contribution in [2.45, 2.75) is 240 Å². The van der Waals surface area contributed by atoms with Crippen molar-refractivity contribution in [1.82, 2.24) is 84.7 Å². The van der Waals surface area contributed by atoms with E-state index in [1.807, 2.05) is 12.2 Å². The number of aliphatic carboxylic acids is 4. The van der Waals surface area contributed by atoms with E-state index in [9.17, 15) is 132 Å². The number of nitrogens with one attached hydrogen (secondary N) is 15. The van der Waals surface area contributed by atoms with Crippen molar-refractivity contribution in [3.05, 3.63) is 35.9 Å². The molecule has 2 fully saturated rings. The monoisotopic (exact) mass is 1770 g/mol. The zero-order valence-electron chi connectivity index (χ0n) is 69.5. The molecule has 19 atom stereocenters. The highest BCUT2D eigenvalue weighted by Gasteiger charge is 2.46. The number of aliphatic hydroxyl groups is 5. The molecule has 49 nitrogen and oxygen atoms in total. The van der Waals surface area contributed by atoms with Crippen molar-refractivity contribution in [1.29, 1.82) is 0 Å². The molecule has 30 N–H and O–H groups in total. The van der Waals surface area contributed by atoms with Crippen LogP contribution in [0.4, 0.5) is 0 Å². The second-order valence-electron chi connectivity index (χ2n) is 29.8. The maximum atomic E-state index is 14.6. The van der Waals surface area contributed by atoms with E-state index in [1.165, 1.54) is 6.92 Å². The summed E-state index contributed by atoms with van der Waals surface area (Å²) in [5, 5.41) is 125. The molecule has 49 heteroatoms. The average Bonchev–Trinajstić information content (AvgIpc) is 1.09. The van der Waals surface area contributed by atoms with E-state index < -0.39 is 319 Å². The second kappa shape index (κ2) is 55.8. The Hall–Kier alpha value is -11.3. The van der Waals surface area contributed by atoms with Crippen LogP contribution >= 0.6 is 0 Å². The van der Waals surface area contributed by atoms with Gasteiger partial charge in [0.05, 0.1) is 64.1 Å². The average molecular weight is 1770 g/mol. The molecule has 124 heavy (non-hydrogen) atoms. The Labute approximate surface area is 712 Å². The van der Waals surface area contributed by atoms with Crippen LogP contribution in [0.1, 0.15) is 130 Å². The van der Waals surface area contributed by atoms with Gasteiger partial charge in [-0.1, -0.05) is 50.6 Å². The van der Waals surface area contributed by atoms with Gasteiger partial charge < -0.3 is 152 Å². The first-order valence-electron chi connectivity index (χ1n) is 40.3. The number of carbonyl (C=O) groups is 19. The number of benzene rings is 1. The summed E-state index contributed by atoms with van der Waals surface area (Å²) < 4.78 is 11.3. The predicted octanol–water partition coefficient (Wildman–Crippen LogP) is -11.7. The van der Waals surface area contributed by atoms with Gasteiger partial charge >= 0.3 is 23.9 Å². The van der Waals surface area contributed by atoms with Gasteiger partial charge in [-0.3, -0.25) is 91.6 Å². The Balaban J connectivity index is 1.82. The van der Waals surface area contributed by atoms with E-state index in [4.69, 9.17) is 31.8 Å². The summed E-state index contributed by atoms with van der Waals surface area (Å²) in [6.45, 7) is 2.07. The fourth-order valence-electron chi connectivity index (χ4n) is 12.6. The molecule has 2 heterocycles. The highest BCUT2D eigenvalue weighted by molar-refractivity contribution is 5.99. The maximum Gasteiger partial charge on any atom is 0.328 e. The zero-order chi connectivity index (χ0) is 93.0. The number of likely N-dealkylation sites (tertiary alicyclic amines) is 1. The third kappa shape index (κ3) is 39.1. The van der Waals surface area contributed by atoms with Gasteiger partial charge in [0, 0.05) is 51.4 Å². The van der Waals surface area contributed by atoms with Crippen LogP contribution in [-0.2, 0) is 107 Å². The number of nitrogens with two attached hydrogens (primary N) is 3. The van der Waals surface area contributed by atoms with Crippen LogP contribution < -0.4 is 97.0 Å². The minimum Gasteiger partial charge on any atom is -0.481 e. The molecule has 0 aliphatic carbocycles. The van der Waals surface area contributed by atoms with Gasteiger partial charge in [0.25, 0.3) is 0 Å². The van der Waals surface area contributed by atoms with Gasteiger partial charge in [0.1, 0.15) is 72.8 Å². The van der Waals surface area contributed by atoms with E-state index in [0.29, 0.717) is 18.4 Å². The van der Waals surface area contributed by atoms with E-state index in [2.05, 4.69) is 74.4 Å². The molecule has 0 aromatic heterocycles. The molecule has 2 saturated heterocycles. The Kier molecular flexibility index (Phi) is 48.1. The normalized spacial score (nSPS) is 19.2. The quantitative estimate of drug-likeness (QED) is 0.0269. The summed E-state index contributed by atoms with van der Waals surface area (Å²) in [6, 6.07) is -7.60. The SMILES string of the molecule is CC[C@H](C)[C@H](NCC(=O)O)C(=O)N[C@@H](C)C(=O)N[C@@H](C)CNCC(=O)NCC(=O)N[C@@H](Cc1ccccc1)C(=O)N[C@@H](CC[C@H](CN)O[C@@H]1O[C@H](CO)[C@H](O)[C@@H](O)[C@H]1O)C(=O)NCC(=O)N[C@@H](CCC(=O)O)C(=O)N[C@@H](CCC(N)=O)C(=O)NCC(=O)N1CCC[C@H]1C(=O)N[C@@H](CCCCN)C(=O)NCC(=O)N[C@@H](CCC(=O)O)C(=O)N[C@H](C(=O)O)[C@H](C)O. The Morgan fingerprint density at radius 1 is 0.524 bits per heavy atom. The van der Waals surface area contributed by atoms with Crippen molar-refractivity contribution in [2.24, 2.45) is 23.1 Å². The topological polar surface area (TPSA) is 787 Å². The Morgan fingerprint density at radius 2 is 1.05 bits per heavy atom. The molecule has 0 radical (unpaired) electrons. The molecule has 0 saturated carbocycles. The second-order valence-corrected chi connectivity index (χ2v) is 29.8. The third-order valence-electron chi connectivity index (χ3n) is 19.7. The van der Waals surface area contributed by atoms with Crippen LogP contribution in [0.5, 0.6) is 0 Å². The van der Waals surface area contributed by atoms with Crippen LogP contribution in [0.2, 0.25) is 0 Å². The van der Waals surface area contributed by atoms with Gasteiger partial charge in [0.2, 0.25) is 88.6 Å². The number of carboxylic acid groups (broad SMARTS) is 4. The number of nitrogens with zero attached hydrogens (tertiary/aromatic N) is 1. The van der Waals surface area contributed by atoms with Crippen molar-refractivity contribution >= 4 is 112 Å². The standard InChI is InChI=1S/C75H121N19O30/c1-6-37(2)60(81-35-59(107)108)73(120)86-39(4)65(112)85-38(3)29-79-30-52(98)80-31-53(99)89-48(27-41-13-8-7-9-14-41)71(118)91-44(18-17-42(28-77)123-75-64(111)63(110)62(109)50(36-95)124-75)67(114)83-33-54(100)87-46(20-23-57(103)104)69(116)90-45(19-22-51(78)97)68(115)84-34-56(102)94-26-12-16-49(94)72(119)92-43(15-10-11-25-76)66(113)82-32-55(101)88-47(21-24-58(105)106)70(117)93-61(40(5)96)74(121)122/h7-9,13-14,37-40,42-50,60-64,75,79,81,95-96,109-111H,6,10-12,15-36,76-77H2,1-5H3,(H2,78,97)(H,80,98)(H,82,113)(H,83,114)(H,84,115)(H,85,112)(H,86,120)(H,87,100)(H,88,101)(H,89,99)(H,90,116)(H,91,118)(H,92,119)(H,93,117)(H,103,104)(H,105,106)(H,107,108)(H,121,122)/t37-,38-,39-,40-,42+,43-,44-,45-,46-,47-,48-,49-,50+,60-,61-,62-,63+,64+,75+/m0/s1. The first-order chi connectivity index (χ1) is 58.5. The van der Waals surface area contributed by atoms with Crippen LogP contribution in [-0.4, -0.2) is 345 Å². The first kappa shape index (κ1) is 107. The van der Waals surface area contributed by atoms with Crippen molar-refractivity contribution in [3.63, 3.8) is 0 Å². The Morgan fingerprint density at radius 3 is 1.57 bits per heavy atom. The smallest absolute Gasteiger partial charge is 0.328 e. The third-order valence-corrected chi connectivity index (χ3v) is 19.7. The number of rotatable bonds is 59. The van der Waals surface area contributed by atoms with Crippen molar-refractivity contribution in [2.75, 3.05) is 72.1 Å². The van der Waals surface area contributed by atoms with Gasteiger partial charge in [-0.15, -0.1) is 0 Å². The summed E-state index contributed by atoms with van der Waals surface area (Å²) in [5.41, 5.74) is 17.6. The summed E-state index contributed by atoms with van der Waals surface area (Å²) >= 11 is 0. The number of hydrogen-bond acceptors (Lipinski definition) is 30. The van der Waals surface area contributed by atoms with E-state index in [0.717, 1.165) is 11.8 Å². The largest absolute Gasteiger partial charge is 0.481 e. The molecule has 2 aliphatic rings. The molecular weight excluding hydrogens is 1650 g/mol. The lowest BCUT2D eigenvalue weighted by Gasteiger charge is -2.40. The highest BCUT2D eigenvalue weighted by atomic mass is 16.7. The summed E-state index contributed by atoms with van der Waals surface area (Å²) in [6.07, 6.45) is -15.3. The molecule has 0 unspecified atom stereocenters. The van der Waals surface area contributed by atoms with E-state index in [1.54, 1.807) is 44.2 Å². The number of unbranched alkanes of at least 4 members (excludes halogenated alkanes) is 1. The van der Waals surface area contributed by atoms with Crippen LogP contribution in [0.25, 0.3) is 0 Å². The van der Waals surface area contributed by atoms with Gasteiger partial charge in [-0.2, -0.15) is 0 Å². The predicted molar refractivity (Wildman–Crippen MR) is 429 cm³/mol. The zero-order valence-corrected chi connectivity index (χ0v) is 69.5. The molecule has 1 aromatic rings. The number of carboxylic acids is 4. The maximum absolute atomic E-state index is 14.6. The van der Waals surface area contributed by atoms with Crippen molar-refractivity contribution < 1.29 is 147 Å². The number of hydrogen-bond donors (Lipinski definition) is 27. The minimum atomic E-state index is -1.92. The number of aliphatic hydroxyl groups excluding tert-OH is 5. The van der Waals surface area contributed by atoms with Crippen LogP contribution in [0.3, 0.4) is 0 Å².